The van der Waals surface area contributed by atoms with Gasteiger partial charge in [0.2, 0.25) is 12.7 Å². The van der Waals surface area contributed by atoms with Crippen LogP contribution in [0.3, 0.4) is 0 Å². The minimum absolute atomic E-state index is 0.168. The summed E-state index contributed by atoms with van der Waals surface area (Å²) in [5, 5.41) is 5.04. The fourth-order valence-electron chi connectivity index (χ4n) is 3.66. The highest BCUT2D eigenvalue weighted by Gasteiger charge is 2.29. The minimum Gasteiger partial charge on any atom is -0.454 e. The third-order valence-corrected chi connectivity index (χ3v) is 4.92. The molecule has 0 spiro atoms. The molecule has 1 aromatic carbocycles. The van der Waals surface area contributed by atoms with Crippen LogP contribution in [0.15, 0.2) is 36.5 Å². The van der Waals surface area contributed by atoms with Crippen LogP contribution in [0.25, 0.3) is 0 Å². The first-order chi connectivity index (χ1) is 13.1. The molecule has 1 aromatic heterocycles. The number of anilines is 1. The maximum absolute atomic E-state index is 12.3. The predicted octanol–water partition coefficient (Wildman–Crippen LogP) is 2.24. The van der Waals surface area contributed by atoms with E-state index in [1.807, 2.05) is 19.3 Å². The molecule has 3 heterocycles. The van der Waals surface area contributed by atoms with Crippen molar-refractivity contribution in [1.29, 1.82) is 0 Å². The summed E-state index contributed by atoms with van der Waals surface area (Å²) in [6, 6.07) is 8.80. The number of likely N-dealkylation sites (tertiary alicyclic amines) is 1. The Bertz CT molecular complexity index is 863. The van der Waals surface area contributed by atoms with Gasteiger partial charge in [-0.1, -0.05) is 0 Å². The zero-order chi connectivity index (χ0) is 18.8. The molecule has 1 unspecified atom stereocenters. The van der Waals surface area contributed by atoms with Gasteiger partial charge in [-0.05, 0) is 43.7 Å². The van der Waals surface area contributed by atoms with Gasteiger partial charge in [0, 0.05) is 30.7 Å². The van der Waals surface area contributed by atoms with Crippen molar-refractivity contribution in [2.24, 2.45) is 7.05 Å². The Morgan fingerprint density at radius 1 is 1.22 bits per heavy atom. The van der Waals surface area contributed by atoms with E-state index in [1.54, 1.807) is 18.2 Å². The second kappa shape index (κ2) is 7.32. The van der Waals surface area contributed by atoms with Gasteiger partial charge >= 0.3 is 6.03 Å². The molecule has 1 fully saturated rings. The van der Waals surface area contributed by atoms with Crippen LogP contribution in [0.1, 0.15) is 24.6 Å². The normalized spacial score (nSPS) is 18.5. The first kappa shape index (κ1) is 17.4. The van der Waals surface area contributed by atoms with Crippen LogP contribution in [0.5, 0.6) is 11.5 Å². The lowest BCUT2D eigenvalue weighted by molar-refractivity contribution is -0.121. The summed E-state index contributed by atoms with van der Waals surface area (Å²) in [5.41, 5.74) is 1.72. The van der Waals surface area contributed by atoms with E-state index in [0.717, 1.165) is 19.4 Å². The van der Waals surface area contributed by atoms with Gasteiger partial charge in [-0.15, -0.1) is 0 Å². The molecule has 8 nitrogen and oxygen atoms in total. The summed E-state index contributed by atoms with van der Waals surface area (Å²) in [7, 11) is 2.00. The van der Waals surface area contributed by atoms with E-state index < -0.39 is 6.03 Å². The molecule has 0 radical (unpaired) electrons. The molecule has 27 heavy (non-hydrogen) atoms. The number of aryl methyl sites for hydroxylation is 1. The predicted molar refractivity (Wildman–Crippen MR) is 98.7 cm³/mol. The summed E-state index contributed by atoms with van der Waals surface area (Å²) in [4.78, 5) is 26.6. The maximum atomic E-state index is 12.3. The molecule has 1 saturated heterocycles. The molecule has 3 amide bonds. The number of rotatable bonds is 4. The molecule has 2 aliphatic heterocycles. The van der Waals surface area contributed by atoms with Gasteiger partial charge in [0.1, 0.15) is 0 Å². The van der Waals surface area contributed by atoms with Crippen molar-refractivity contribution in [3.8, 4) is 11.5 Å². The van der Waals surface area contributed by atoms with E-state index in [0.29, 0.717) is 17.2 Å². The number of nitrogens with one attached hydrogen (secondary N) is 2. The first-order valence-electron chi connectivity index (χ1n) is 8.96. The number of benzene rings is 1. The Morgan fingerprint density at radius 3 is 2.89 bits per heavy atom. The fraction of sp³-hybridized carbons (Fsp3) is 0.368. The quantitative estimate of drug-likeness (QED) is 0.862. The summed E-state index contributed by atoms with van der Waals surface area (Å²) < 4.78 is 12.6. The maximum Gasteiger partial charge on any atom is 0.325 e. The molecule has 1 atom stereocenters. The van der Waals surface area contributed by atoms with E-state index in [4.69, 9.17) is 9.47 Å². The number of carbonyl (C=O) groups excluding carboxylic acids is 2. The molecular weight excluding hydrogens is 348 g/mol. The van der Waals surface area contributed by atoms with Gasteiger partial charge in [-0.25, -0.2) is 4.79 Å². The molecule has 0 aliphatic carbocycles. The number of aromatic nitrogens is 1. The SMILES string of the molecule is Cn1cccc1C1CCCN1CC(=O)NC(=O)Nc1ccc2c(c1)OCO2. The summed E-state index contributed by atoms with van der Waals surface area (Å²) >= 11 is 0. The van der Waals surface area contributed by atoms with Crippen molar-refractivity contribution in [1.82, 2.24) is 14.8 Å². The highest BCUT2D eigenvalue weighted by molar-refractivity contribution is 6.01. The van der Waals surface area contributed by atoms with Crippen molar-refractivity contribution < 1.29 is 19.1 Å². The fourth-order valence-corrected chi connectivity index (χ4v) is 3.66. The molecule has 2 aromatic rings. The zero-order valence-electron chi connectivity index (χ0n) is 15.1. The van der Waals surface area contributed by atoms with Crippen LogP contribution < -0.4 is 20.1 Å². The van der Waals surface area contributed by atoms with E-state index in [2.05, 4.69) is 26.2 Å². The Balaban J connectivity index is 1.32. The van der Waals surface area contributed by atoms with Gasteiger partial charge in [0.05, 0.1) is 12.6 Å². The van der Waals surface area contributed by atoms with Gasteiger partial charge < -0.3 is 19.4 Å². The Morgan fingerprint density at radius 2 is 2.07 bits per heavy atom. The molecule has 8 heteroatoms. The second-order valence-electron chi connectivity index (χ2n) is 6.74. The van der Waals surface area contributed by atoms with E-state index >= 15 is 0 Å². The number of hydrogen-bond donors (Lipinski definition) is 2. The Labute approximate surface area is 157 Å². The molecule has 142 valence electrons. The van der Waals surface area contributed by atoms with Gasteiger partial charge in [-0.3, -0.25) is 15.0 Å². The molecular formula is C19H22N4O4. The summed E-state index contributed by atoms with van der Waals surface area (Å²) in [5.74, 6) is 0.883. The number of nitrogens with zero attached hydrogens (tertiary/aromatic N) is 2. The first-order valence-corrected chi connectivity index (χ1v) is 8.96. The van der Waals surface area contributed by atoms with Crippen molar-refractivity contribution >= 4 is 17.6 Å². The Hall–Kier alpha value is -3.00. The van der Waals surface area contributed by atoms with E-state index in [1.165, 1.54) is 5.69 Å². The smallest absolute Gasteiger partial charge is 0.325 e. The molecule has 0 bridgehead atoms. The molecule has 2 N–H and O–H groups in total. The minimum atomic E-state index is -0.562. The van der Waals surface area contributed by atoms with Crippen molar-refractivity contribution in [2.45, 2.75) is 18.9 Å². The molecule has 2 aliphatic rings. The highest BCUT2D eigenvalue weighted by Crippen LogP contribution is 2.34. The second-order valence-corrected chi connectivity index (χ2v) is 6.74. The average Bonchev–Trinajstić information content (AvgIpc) is 3.35. The van der Waals surface area contributed by atoms with E-state index in [-0.39, 0.29) is 25.3 Å². The summed E-state index contributed by atoms with van der Waals surface area (Å²) in [6.45, 7) is 1.19. The topological polar surface area (TPSA) is 84.8 Å². The van der Waals surface area contributed by atoms with Crippen molar-refractivity contribution in [2.75, 3.05) is 25.2 Å². The van der Waals surface area contributed by atoms with Crippen molar-refractivity contribution in [3.05, 3.63) is 42.2 Å². The third kappa shape index (κ3) is 3.75. The van der Waals surface area contributed by atoms with Gasteiger partial charge in [-0.2, -0.15) is 0 Å². The number of carbonyl (C=O) groups is 2. The van der Waals surface area contributed by atoms with Crippen LogP contribution >= 0.6 is 0 Å². The zero-order valence-corrected chi connectivity index (χ0v) is 15.1. The number of hydrogen-bond acceptors (Lipinski definition) is 5. The monoisotopic (exact) mass is 370 g/mol. The number of fused-ring (bicyclic) bond motifs is 1. The van der Waals surface area contributed by atoms with Crippen LogP contribution in [-0.2, 0) is 11.8 Å². The van der Waals surface area contributed by atoms with Crippen LogP contribution in [0, 0.1) is 0 Å². The molecule has 4 rings (SSSR count). The van der Waals surface area contributed by atoms with Crippen molar-refractivity contribution in [3.63, 3.8) is 0 Å². The van der Waals surface area contributed by atoms with Gasteiger partial charge in [0.15, 0.2) is 11.5 Å². The number of ether oxygens (including phenoxy) is 2. The lowest BCUT2D eigenvalue weighted by Crippen LogP contribution is -2.41. The largest absolute Gasteiger partial charge is 0.454 e. The average molecular weight is 370 g/mol. The number of urea groups is 1. The molecule has 0 saturated carbocycles. The van der Waals surface area contributed by atoms with Gasteiger partial charge in [0.25, 0.3) is 0 Å². The highest BCUT2D eigenvalue weighted by atomic mass is 16.7. The lowest BCUT2D eigenvalue weighted by Gasteiger charge is -2.24. The number of imide groups is 1. The third-order valence-electron chi connectivity index (χ3n) is 4.92. The Kier molecular flexibility index (Phi) is 4.72. The summed E-state index contributed by atoms with van der Waals surface area (Å²) in [6.07, 6.45) is 4.05. The van der Waals surface area contributed by atoms with E-state index in [9.17, 15) is 9.59 Å². The lowest BCUT2D eigenvalue weighted by atomic mass is 10.1. The van der Waals surface area contributed by atoms with Crippen LogP contribution in [0.2, 0.25) is 0 Å². The standard InChI is InChI=1S/C19H22N4O4/c1-22-8-2-4-14(22)15-5-3-9-23(15)11-18(24)21-19(25)20-13-6-7-16-17(10-13)27-12-26-16/h2,4,6-8,10,15H,3,5,9,11-12H2,1H3,(H2,20,21,24,25). The van der Waals surface area contributed by atoms with Crippen LogP contribution in [-0.4, -0.2) is 41.3 Å². The number of amides is 3. The van der Waals surface area contributed by atoms with Crippen LogP contribution in [0.4, 0.5) is 10.5 Å².